The van der Waals surface area contributed by atoms with E-state index in [9.17, 15) is 4.79 Å². The van der Waals surface area contributed by atoms with E-state index in [0.29, 0.717) is 11.4 Å². The molecule has 0 aliphatic carbocycles. The van der Waals surface area contributed by atoms with Gasteiger partial charge in [-0.05, 0) is 34.1 Å². The van der Waals surface area contributed by atoms with E-state index in [0.717, 1.165) is 10.0 Å². The second kappa shape index (κ2) is 5.05. The molecule has 0 atom stereocenters. The zero-order valence-electron chi connectivity index (χ0n) is 8.93. The lowest BCUT2D eigenvalue weighted by Crippen LogP contribution is -2.07. The molecule has 2 heterocycles. The first-order chi connectivity index (χ1) is 8.16. The normalized spacial score (nSPS) is 10.2. The largest absolute Gasteiger partial charge is 0.398 e. The third kappa shape index (κ3) is 2.88. The number of carbonyl (C=O) groups is 1. The molecule has 4 nitrogen and oxygen atoms in total. The number of nitrogen functional groups attached to an aromatic ring is 1. The first-order valence-corrected chi connectivity index (χ1v) is 5.79. The molecule has 0 unspecified atom stereocenters. The Kier molecular flexibility index (Phi) is 3.49. The number of rotatable bonds is 3. The Morgan fingerprint density at radius 2 is 2.12 bits per heavy atom. The summed E-state index contributed by atoms with van der Waals surface area (Å²) in [4.78, 5) is 19.9. The van der Waals surface area contributed by atoms with Gasteiger partial charge in [0.05, 0.1) is 0 Å². The summed E-state index contributed by atoms with van der Waals surface area (Å²) < 4.78 is 0.843. The van der Waals surface area contributed by atoms with Gasteiger partial charge in [0.2, 0.25) is 0 Å². The summed E-state index contributed by atoms with van der Waals surface area (Å²) >= 11 is 3.27. The Hall–Kier alpha value is -1.75. The van der Waals surface area contributed by atoms with Crippen molar-refractivity contribution in [2.75, 3.05) is 5.73 Å². The first-order valence-electron chi connectivity index (χ1n) is 5.00. The summed E-state index contributed by atoms with van der Waals surface area (Å²) in [5, 5.41) is 0. The molecule has 17 heavy (non-hydrogen) atoms. The number of pyridine rings is 2. The monoisotopic (exact) mass is 291 g/mol. The van der Waals surface area contributed by atoms with Crippen LogP contribution in [0.5, 0.6) is 0 Å². The Balaban J connectivity index is 2.17. The van der Waals surface area contributed by atoms with E-state index in [1.54, 1.807) is 36.8 Å². The SMILES string of the molecule is Nc1ccncc1CC(=O)c1ccc(Br)cn1. The second-order valence-electron chi connectivity index (χ2n) is 3.54. The molecule has 0 aliphatic heterocycles. The lowest BCUT2D eigenvalue weighted by atomic mass is 10.1. The van der Waals surface area contributed by atoms with Crippen LogP contribution in [0.3, 0.4) is 0 Å². The number of nitrogens with zero attached hydrogens (tertiary/aromatic N) is 2. The van der Waals surface area contributed by atoms with Crippen molar-refractivity contribution in [3.8, 4) is 0 Å². The third-order valence-corrected chi connectivity index (χ3v) is 2.77. The summed E-state index contributed by atoms with van der Waals surface area (Å²) in [5.74, 6) is -0.0720. The van der Waals surface area contributed by atoms with Gasteiger partial charge >= 0.3 is 0 Å². The molecule has 2 rings (SSSR count). The van der Waals surface area contributed by atoms with Gasteiger partial charge < -0.3 is 5.73 Å². The minimum absolute atomic E-state index is 0.0720. The van der Waals surface area contributed by atoms with Crippen LogP contribution in [0.1, 0.15) is 16.1 Å². The number of nitrogens with two attached hydrogens (primary N) is 1. The van der Waals surface area contributed by atoms with Crippen LogP contribution in [-0.2, 0) is 6.42 Å². The van der Waals surface area contributed by atoms with E-state index < -0.39 is 0 Å². The van der Waals surface area contributed by atoms with Gasteiger partial charge in [-0.2, -0.15) is 0 Å². The molecule has 2 aromatic heterocycles. The zero-order valence-corrected chi connectivity index (χ0v) is 10.5. The van der Waals surface area contributed by atoms with Crippen molar-refractivity contribution >= 4 is 27.4 Å². The maximum absolute atomic E-state index is 11.9. The quantitative estimate of drug-likeness (QED) is 0.881. The van der Waals surface area contributed by atoms with Crippen LogP contribution in [0.2, 0.25) is 0 Å². The summed E-state index contributed by atoms with van der Waals surface area (Å²) in [5.41, 5.74) is 7.48. The number of Topliss-reactive ketones (excluding diaryl/α,β-unsaturated/α-hetero) is 1. The van der Waals surface area contributed by atoms with Gasteiger partial charge in [-0.15, -0.1) is 0 Å². The molecule has 0 saturated heterocycles. The summed E-state index contributed by atoms with van der Waals surface area (Å²) in [7, 11) is 0. The molecule has 0 aliphatic rings. The minimum Gasteiger partial charge on any atom is -0.398 e. The molecule has 5 heteroatoms. The van der Waals surface area contributed by atoms with Gasteiger partial charge in [0.15, 0.2) is 5.78 Å². The molecule has 86 valence electrons. The Morgan fingerprint density at radius 1 is 1.29 bits per heavy atom. The van der Waals surface area contributed by atoms with E-state index in [1.165, 1.54) is 0 Å². The lowest BCUT2D eigenvalue weighted by molar-refractivity contribution is 0.0988. The van der Waals surface area contributed by atoms with Crippen LogP contribution in [0.4, 0.5) is 5.69 Å². The predicted octanol–water partition coefficient (Wildman–Crippen LogP) is 2.25. The highest BCUT2D eigenvalue weighted by Gasteiger charge is 2.10. The second-order valence-corrected chi connectivity index (χ2v) is 4.45. The number of aromatic nitrogens is 2. The lowest BCUT2D eigenvalue weighted by Gasteiger charge is -2.03. The average molecular weight is 292 g/mol. The minimum atomic E-state index is -0.0720. The van der Waals surface area contributed by atoms with Crippen LogP contribution < -0.4 is 5.73 Å². The van der Waals surface area contributed by atoms with Gasteiger partial charge in [0.1, 0.15) is 5.69 Å². The number of ketones is 1. The number of halogens is 1. The highest BCUT2D eigenvalue weighted by Crippen LogP contribution is 2.13. The highest BCUT2D eigenvalue weighted by molar-refractivity contribution is 9.10. The van der Waals surface area contributed by atoms with E-state index in [-0.39, 0.29) is 12.2 Å². The van der Waals surface area contributed by atoms with Crippen molar-refractivity contribution in [3.63, 3.8) is 0 Å². The Bertz CT molecular complexity index is 540. The van der Waals surface area contributed by atoms with Crippen molar-refractivity contribution < 1.29 is 4.79 Å². The van der Waals surface area contributed by atoms with Crippen LogP contribution in [0.25, 0.3) is 0 Å². The fourth-order valence-corrected chi connectivity index (χ4v) is 1.62. The van der Waals surface area contributed by atoms with E-state index >= 15 is 0 Å². The maximum Gasteiger partial charge on any atom is 0.185 e. The van der Waals surface area contributed by atoms with Crippen molar-refractivity contribution in [1.29, 1.82) is 0 Å². The van der Waals surface area contributed by atoms with Crippen LogP contribution >= 0.6 is 15.9 Å². The molecular formula is C12H10BrN3O. The molecule has 0 saturated carbocycles. The van der Waals surface area contributed by atoms with Gasteiger partial charge in [0, 0.05) is 40.7 Å². The molecule has 0 bridgehead atoms. The molecule has 0 radical (unpaired) electrons. The molecule has 2 aromatic rings. The van der Waals surface area contributed by atoms with Crippen LogP contribution in [0, 0.1) is 0 Å². The number of carbonyl (C=O) groups excluding carboxylic acids is 1. The summed E-state index contributed by atoms with van der Waals surface area (Å²) in [6.45, 7) is 0. The van der Waals surface area contributed by atoms with Crippen molar-refractivity contribution in [2.24, 2.45) is 0 Å². The maximum atomic E-state index is 11.9. The van der Waals surface area contributed by atoms with Gasteiger partial charge in [-0.1, -0.05) is 0 Å². The zero-order chi connectivity index (χ0) is 12.3. The van der Waals surface area contributed by atoms with E-state index in [2.05, 4.69) is 25.9 Å². The van der Waals surface area contributed by atoms with Gasteiger partial charge in [-0.3, -0.25) is 14.8 Å². The molecule has 0 fully saturated rings. The van der Waals surface area contributed by atoms with Crippen molar-refractivity contribution in [1.82, 2.24) is 9.97 Å². The van der Waals surface area contributed by atoms with Crippen LogP contribution in [0.15, 0.2) is 41.3 Å². The Morgan fingerprint density at radius 3 is 2.76 bits per heavy atom. The van der Waals surface area contributed by atoms with Gasteiger partial charge in [0.25, 0.3) is 0 Å². The van der Waals surface area contributed by atoms with Crippen LogP contribution in [-0.4, -0.2) is 15.8 Å². The smallest absolute Gasteiger partial charge is 0.185 e. The van der Waals surface area contributed by atoms with Crippen molar-refractivity contribution in [3.05, 3.63) is 52.5 Å². The molecule has 2 N–H and O–H groups in total. The number of hydrogen-bond acceptors (Lipinski definition) is 4. The fraction of sp³-hybridized carbons (Fsp3) is 0.0833. The molecular weight excluding hydrogens is 282 g/mol. The number of anilines is 1. The highest BCUT2D eigenvalue weighted by atomic mass is 79.9. The molecule has 0 amide bonds. The number of hydrogen-bond donors (Lipinski definition) is 1. The van der Waals surface area contributed by atoms with E-state index in [1.807, 2.05) is 0 Å². The topological polar surface area (TPSA) is 68.9 Å². The molecule has 0 spiro atoms. The first kappa shape index (κ1) is 11.7. The average Bonchev–Trinajstić information content (AvgIpc) is 2.33. The van der Waals surface area contributed by atoms with Crippen molar-refractivity contribution in [2.45, 2.75) is 6.42 Å². The van der Waals surface area contributed by atoms with E-state index in [4.69, 9.17) is 5.73 Å². The standard InChI is InChI=1S/C12H10BrN3O/c13-9-1-2-11(16-7-9)12(17)5-8-6-15-4-3-10(8)14/h1-4,6-7H,5H2,(H2,14,15). The van der Waals surface area contributed by atoms with Gasteiger partial charge in [-0.25, -0.2) is 0 Å². The predicted molar refractivity (Wildman–Crippen MR) is 68.6 cm³/mol. The summed E-state index contributed by atoms with van der Waals surface area (Å²) in [6, 6.07) is 5.14. The molecule has 0 aromatic carbocycles. The third-order valence-electron chi connectivity index (χ3n) is 2.31. The fourth-order valence-electron chi connectivity index (χ4n) is 1.39. The summed E-state index contributed by atoms with van der Waals surface area (Å²) in [6.07, 6.45) is 5.02. The Labute approximate surface area is 107 Å².